The molecular weight excluding hydrogens is 400 g/mol. The minimum absolute atomic E-state index is 0.0708. The lowest BCUT2D eigenvalue weighted by molar-refractivity contribution is -0.122. The van der Waals surface area contributed by atoms with Gasteiger partial charge in [0, 0.05) is 6.54 Å². The Morgan fingerprint density at radius 1 is 0.967 bits per heavy atom. The Kier molecular flexibility index (Phi) is 5.24. The van der Waals surface area contributed by atoms with Gasteiger partial charge in [0.2, 0.25) is 15.9 Å². The third-order valence-electron chi connectivity index (χ3n) is 5.12. The molecule has 0 aromatic heterocycles. The van der Waals surface area contributed by atoms with E-state index in [-0.39, 0.29) is 17.9 Å². The molecule has 3 aromatic carbocycles. The largest absolute Gasteiger partial charge is 0.274 e. The molecule has 0 aliphatic carbocycles. The zero-order valence-corrected chi connectivity index (χ0v) is 17.0. The van der Waals surface area contributed by atoms with Crippen LogP contribution in [0.2, 0.25) is 0 Å². The molecule has 3 aromatic rings. The van der Waals surface area contributed by atoms with Gasteiger partial charge in [-0.1, -0.05) is 54.6 Å². The lowest BCUT2D eigenvalue weighted by atomic mass is 10.1. The number of nitrogens with zero attached hydrogens (tertiary/aromatic N) is 2. The van der Waals surface area contributed by atoms with Crippen molar-refractivity contribution in [2.24, 2.45) is 0 Å². The lowest BCUT2D eigenvalue weighted by Crippen LogP contribution is -2.45. The second kappa shape index (κ2) is 7.85. The summed E-state index contributed by atoms with van der Waals surface area (Å²) in [6, 6.07) is 19.6. The molecule has 0 N–H and O–H groups in total. The third-order valence-corrected chi connectivity index (χ3v) is 6.99. The summed E-state index contributed by atoms with van der Waals surface area (Å²) >= 11 is 0. The number of anilines is 1. The molecule has 152 valence electrons. The lowest BCUT2D eigenvalue weighted by Gasteiger charge is -2.25. The number of fused-ring (bicyclic) bond motifs is 1. The molecule has 1 unspecified atom stereocenters. The standard InChI is InChI=1S/C23H20N2O4S/c1-2-14-24(21-16-22(26)25(23(21)27)19-10-4-3-5-11-19)30(28,29)20-13-12-17-8-6-7-9-18(17)15-20/h2-13,15,21H,1,14,16H2. The van der Waals surface area contributed by atoms with Crippen molar-refractivity contribution in [3.05, 3.63) is 85.5 Å². The number of hydrogen-bond acceptors (Lipinski definition) is 4. The number of carbonyl (C=O) groups excluding carboxylic acids is 2. The van der Waals surface area contributed by atoms with E-state index in [1.54, 1.807) is 42.5 Å². The third kappa shape index (κ3) is 3.42. The van der Waals surface area contributed by atoms with Crippen LogP contribution in [0.4, 0.5) is 5.69 Å². The van der Waals surface area contributed by atoms with Crippen LogP contribution < -0.4 is 4.90 Å². The van der Waals surface area contributed by atoms with Crippen LogP contribution >= 0.6 is 0 Å². The Morgan fingerprint density at radius 3 is 2.33 bits per heavy atom. The molecule has 1 aliphatic rings. The molecule has 0 radical (unpaired) electrons. The number of rotatable bonds is 6. The van der Waals surface area contributed by atoms with E-state index in [9.17, 15) is 18.0 Å². The maximum Gasteiger partial charge on any atom is 0.252 e. The van der Waals surface area contributed by atoms with Gasteiger partial charge >= 0.3 is 0 Å². The molecule has 1 aliphatic heterocycles. The Labute approximate surface area is 175 Å². The van der Waals surface area contributed by atoms with Crippen LogP contribution in [0, 0.1) is 0 Å². The van der Waals surface area contributed by atoms with Crippen LogP contribution in [0.25, 0.3) is 10.8 Å². The van der Waals surface area contributed by atoms with Crippen LogP contribution in [0.1, 0.15) is 6.42 Å². The molecule has 7 heteroatoms. The highest BCUT2D eigenvalue weighted by atomic mass is 32.2. The van der Waals surface area contributed by atoms with E-state index in [2.05, 4.69) is 6.58 Å². The molecule has 1 atom stereocenters. The van der Waals surface area contributed by atoms with E-state index in [0.29, 0.717) is 5.69 Å². The number of carbonyl (C=O) groups is 2. The monoisotopic (exact) mass is 420 g/mol. The highest BCUT2D eigenvalue weighted by Gasteiger charge is 2.46. The predicted octanol–water partition coefficient (Wildman–Crippen LogP) is 3.35. The zero-order valence-electron chi connectivity index (χ0n) is 16.1. The normalized spacial score (nSPS) is 17.1. The quantitative estimate of drug-likeness (QED) is 0.453. The summed E-state index contributed by atoms with van der Waals surface area (Å²) in [6.45, 7) is 3.55. The smallest absolute Gasteiger partial charge is 0.252 e. The number of amides is 2. The molecule has 30 heavy (non-hydrogen) atoms. The molecule has 1 saturated heterocycles. The Morgan fingerprint density at radius 2 is 1.63 bits per heavy atom. The predicted molar refractivity (Wildman–Crippen MR) is 115 cm³/mol. The average molecular weight is 420 g/mol. The first-order valence-corrected chi connectivity index (χ1v) is 10.9. The maximum atomic E-state index is 13.4. The Balaban J connectivity index is 1.73. The van der Waals surface area contributed by atoms with E-state index in [1.165, 1.54) is 12.1 Å². The van der Waals surface area contributed by atoms with E-state index >= 15 is 0 Å². The minimum atomic E-state index is -4.04. The molecule has 0 spiro atoms. The van der Waals surface area contributed by atoms with Crippen molar-refractivity contribution < 1.29 is 18.0 Å². The summed E-state index contributed by atoms with van der Waals surface area (Å²) < 4.78 is 28.0. The molecule has 4 rings (SSSR count). The Bertz CT molecular complexity index is 1240. The first-order valence-electron chi connectivity index (χ1n) is 9.47. The summed E-state index contributed by atoms with van der Waals surface area (Å²) in [4.78, 5) is 26.8. The van der Waals surface area contributed by atoms with E-state index < -0.39 is 27.9 Å². The van der Waals surface area contributed by atoms with Crippen molar-refractivity contribution in [3.63, 3.8) is 0 Å². The van der Waals surface area contributed by atoms with Crippen molar-refractivity contribution in [1.82, 2.24) is 4.31 Å². The maximum absolute atomic E-state index is 13.4. The molecule has 0 bridgehead atoms. The van der Waals surface area contributed by atoms with Crippen molar-refractivity contribution in [2.75, 3.05) is 11.4 Å². The van der Waals surface area contributed by atoms with Gasteiger partial charge in [-0.2, -0.15) is 4.31 Å². The Hall–Kier alpha value is -3.29. The van der Waals surface area contributed by atoms with Gasteiger partial charge in [-0.15, -0.1) is 6.58 Å². The number of benzene rings is 3. The fraction of sp³-hybridized carbons (Fsp3) is 0.130. The van der Waals surface area contributed by atoms with Crippen molar-refractivity contribution >= 4 is 38.3 Å². The molecule has 1 heterocycles. The summed E-state index contributed by atoms with van der Waals surface area (Å²) in [5, 5.41) is 1.69. The summed E-state index contributed by atoms with van der Waals surface area (Å²) in [6.07, 6.45) is 1.20. The van der Waals surface area contributed by atoms with Gasteiger partial charge in [0.25, 0.3) is 5.91 Å². The van der Waals surface area contributed by atoms with Gasteiger partial charge < -0.3 is 0 Å². The highest BCUT2D eigenvalue weighted by molar-refractivity contribution is 7.89. The summed E-state index contributed by atoms with van der Waals surface area (Å²) in [5.41, 5.74) is 0.427. The number of para-hydroxylation sites is 1. The van der Waals surface area contributed by atoms with Crippen molar-refractivity contribution in [2.45, 2.75) is 17.4 Å². The van der Waals surface area contributed by atoms with Crippen LogP contribution in [-0.2, 0) is 19.6 Å². The fourth-order valence-electron chi connectivity index (χ4n) is 3.67. The van der Waals surface area contributed by atoms with Gasteiger partial charge in [-0.05, 0) is 35.0 Å². The highest BCUT2D eigenvalue weighted by Crippen LogP contribution is 2.30. The molecule has 6 nitrogen and oxygen atoms in total. The second-order valence-corrected chi connectivity index (χ2v) is 8.89. The van der Waals surface area contributed by atoms with Crippen molar-refractivity contribution in [3.8, 4) is 0 Å². The van der Waals surface area contributed by atoms with Crippen molar-refractivity contribution in [1.29, 1.82) is 0 Å². The van der Waals surface area contributed by atoms with E-state index in [4.69, 9.17) is 0 Å². The van der Waals surface area contributed by atoms with Crippen LogP contribution in [-0.4, -0.2) is 37.1 Å². The SMILES string of the molecule is C=CCN(C1CC(=O)N(c2ccccc2)C1=O)S(=O)(=O)c1ccc2ccccc2c1. The number of sulfonamides is 1. The zero-order chi connectivity index (χ0) is 21.3. The first kappa shape index (κ1) is 20.0. The van der Waals surface area contributed by atoms with E-state index in [1.807, 2.05) is 24.3 Å². The molecule has 2 amide bonds. The van der Waals surface area contributed by atoms with Crippen LogP contribution in [0.5, 0.6) is 0 Å². The number of hydrogen-bond donors (Lipinski definition) is 0. The van der Waals surface area contributed by atoms with Gasteiger partial charge in [0.05, 0.1) is 17.0 Å². The molecular formula is C23H20N2O4S. The topological polar surface area (TPSA) is 74.8 Å². The van der Waals surface area contributed by atoms with Gasteiger partial charge in [0.1, 0.15) is 6.04 Å². The summed E-state index contributed by atoms with van der Waals surface area (Å²) in [7, 11) is -4.04. The van der Waals surface area contributed by atoms with E-state index in [0.717, 1.165) is 20.0 Å². The van der Waals surface area contributed by atoms with Crippen LogP contribution in [0.3, 0.4) is 0 Å². The number of imide groups is 1. The van der Waals surface area contributed by atoms with Gasteiger partial charge in [-0.25, -0.2) is 13.3 Å². The molecule has 1 fully saturated rings. The van der Waals surface area contributed by atoms with Gasteiger partial charge in [0.15, 0.2) is 0 Å². The first-order chi connectivity index (χ1) is 14.4. The minimum Gasteiger partial charge on any atom is -0.274 e. The molecule has 0 saturated carbocycles. The fourth-order valence-corrected chi connectivity index (χ4v) is 5.26. The second-order valence-electron chi connectivity index (χ2n) is 7.00. The average Bonchev–Trinajstić information content (AvgIpc) is 3.05. The van der Waals surface area contributed by atoms with Gasteiger partial charge in [-0.3, -0.25) is 9.59 Å². The van der Waals surface area contributed by atoms with Crippen LogP contribution in [0.15, 0.2) is 90.3 Å². The summed E-state index contributed by atoms with van der Waals surface area (Å²) in [5.74, 6) is -0.989.